The van der Waals surface area contributed by atoms with Gasteiger partial charge in [0, 0.05) is 13.1 Å². The molecule has 1 atom stereocenters. The molecule has 3 N–H and O–H groups in total. The zero-order chi connectivity index (χ0) is 20.9. The maximum absolute atomic E-state index is 11.4. The number of nitrogens with two attached hydrogens (primary N) is 1. The molecule has 1 saturated heterocycles. The first-order valence-corrected chi connectivity index (χ1v) is 11.2. The average molecular weight is 544 g/mol. The van der Waals surface area contributed by atoms with Gasteiger partial charge in [0.1, 0.15) is 6.10 Å². The second kappa shape index (κ2) is 11.1. The molecular weight excluding hydrogens is 515 g/mol. The Morgan fingerprint density at radius 1 is 1.23 bits per heavy atom. The summed E-state index contributed by atoms with van der Waals surface area (Å²) in [5.74, 6) is 0.824. The number of benzene rings is 2. The Hall–Kier alpha value is -1.69. The lowest BCUT2D eigenvalue weighted by Gasteiger charge is -2.35. The summed E-state index contributed by atoms with van der Waals surface area (Å²) >= 11 is 0. The molecule has 0 aromatic heterocycles. The van der Waals surface area contributed by atoms with E-state index in [1.54, 1.807) is 12.1 Å². The number of ether oxygens (including phenoxy) is 1. The fourth-order valence-electron chi connectivity index (χ4n) is 3.35. The number of nitrogens with zero attached hydrogens (tertiary/aromatic N) is 2. The molecule has 30 heavy (non-hydrogen) atoms. The van der Waals surface area contributed by atoms with Gasteiger partial charge in [-0.2, -0.15) is 0 Å². The largest absolute Gasteiger partial charge is 0.370 e. The van der Waals surface area contributed by atoms with E-state index in [4.69, 9.17) is 14.9 Å². The Labute approximate surface area is 195 Å². The third-order valence-electron chi connectivity index (χ3n) is 4.90. The molecule has 1 heterocycles. The van der Waals surface area contributed by atoms with Crippen molar-refractivity contribution in [3.05, 3.63) is 65.2 Å². The summed E-state index contributed by atoms with van der Waals surface area (Å²) in [6.45, 7) is 7.46. The maximum Gasteiger partial charge on any atom is 0.238 e. The van der Waals surface area contributed by atoms with E-state index >= 15 is 0 Å². The molecule has 0 bridgehead atoms. The van der Waals surface area contributed by atoms with Crippen LogP contribution in [-0.2, 0) is 21.3 Å². The second-order valence-electron chi connectivity index (χ2n) is 7.02. The van der Waals surface area contributed by atoms with Gasteiger partial charge in [0.15, 0.2) is 5.96 Å². The van der Waals surface area contributed by atoms with Gasteiger partial charge in [0.25, 0.3) is 0 Å². The topological polar surface area (TPSA) is 97.0 Å². The van der Waals surface area contributed by atoms with Crippen LogP contribution in [0.4, 0.5) is 0 Å². The molecule has 2 aromatic rings. The second-order valence-corrected chi connectivity index (χ2v) is 8.58. The molecule has 164 valence electrons. The van der Waals surface area contributed by atoms with Crippen LogP contribution in [-0.4, -0.2) is 45.5 Å². The minimum atomic E-state index is -3.68. The van der Waals surface area contributed by atoms with Crippen LogP contribution in [0, 0.1) is 6.92 Å². The molecule has 1 aliphatic heterocycles. The monoisotopic (exact) mass is 544 g/mol. The summed E-state index contributed by atoms with van der Waals surface area (Å²) in [4.78, 5) is 7.06. The van der Waals surface area contributed by atoms with E-state index in [0.29, 0.717) is 13.2 Å². The molecule has 3 rings (SSSR count). The molecule has 0 saturated carbocycles. The van der Waals surface area contributed by atoms with Gasteiger partial charge in [-0.25, -0.2) is 18.5 Å². The molecule has 1 unspecified atom stereocenters. The van der Waals surface area contributed by atoms with Crippen molar-refractivity contribution in [2.75, 3.05) is 26.2 Å². The zero-order valence-electron chi connectivity index (χ0n) is 17.2. The third-order valence-corrected chi connectivity index (χ3v) is 5.83. The van der Waals surface area contributed by atoms with E-state index in [0.717, 1.165) is 31.2 Å². The standard InChI is InChI=1S/C21H28N4O3S.HI/c1-3-23-21(24-14-17-8-10-18(11-9-17)29(22,26)27)25-12-13-28-20(15-25)19-7-5-4-6-16(19)2;/h4-11,20H,3,12-15H2,1-2H3,(H,23,24)(H2,22,26,27);1H. The van der Waals surface area contributed by atoms with Crippen molar-refractivity contribution in [2.24, 2.45) is 10.1 Å². The minimum absolute atomic E-state index is 0. The van der Waals surface area contributed by atoms with Crippen molar-refractivity contribution in [3.63, 3.8) is 0 Å². The lowest BCUT2D eigenvalue weighted by Crippen LogP contribution is -2.48. The van der Waals surface area contributed by atoms with E-state index in [1.165, 1.54) is 23.3 Å². The van der Waals surface area contributed by atoms with Gasteiger partial charge in [-0.05, 0) is 42.7 Å². The van der Waals surface area contributed by atoms with E-state index in [9.17, 15) is 8.42 Å². The quantitative estimate of drug-likeness (QED) is 0.343. The van der Waals surface area contributed by atoms with Crippen molar-refractivity contribution < 1.29 is 13.2 Å². The molecule has 0 amide bonds. The Balaban J connectivity index is 0.00000320. The van der Waals surface area contributed by atoms with Crippen LogP contribution in [0.5, 0.6) is 0 Å². The van der Waals surface area contributed by atoms with Crippen molar-refractivity contribution in [1.29, 1.82) is 0 Å². The van der Waals surface area contributed by atoms with E-state index in [2.05, 4.69) is 29.3 Å². The summed E-state index contributed by atoms with van der Waals surface area (Å²) in [6.07, 6.45) is 0.00264. The molecule has 0 radical (unpaired) electrons. The number of sulfonamides is 1. The SMILES string of the molecule is CCNC(=NCc1ccc(S(N)(=O)=O)cc1)N1CCOC(c2ccccc2C)C1.I. The molecule has 0 spiro atoms. The molecule has 7 nitrogen and oxygen atoms in total. The van der Waals surface area contributed by atoms with Crippen LogP contribution in [0.1, 0.15) is 29.7 Å². The zero-order valence-corrected chi connectivity index (χ0v) is 20.4. The van der Waals surface area contributed by atoms with E-state index < -0.39 is 10.0 Å². The smallest absolute Gasteiger partial charge is 0.238 e. The summed E-state index contributed by atoms with van der Waals surface area (Å²) in [5, 5.41) is 8.50. The number of hydrogen-bond acceptors (Lipinski definition) is 4. The number of guanidine groups is 1. The van der Waals surface area contributed by atoms with Crippen LogP contribution >= 0.6 is 24.0 Å². The third kappa shape index (κ3) is 6.40. The Kier molecular flexibility index (Phi) is 9.08. The highest BCUT2D eigenvalue weighted by Gasteiger charge is 2.25. The number of rotatable bonds is 5. The van der Waals surface area contributed by atoms with Crippen LogP contribution in [0.2, 0.25) is 0 Å². The highest BCUT2D eigenvalue weighted by Crippen LogP contribution is 2.25. The lowest BCUT2D eigenvalue weighted by atomic mass is 10.0. The van der Waals surface area contributed by atoms with Crippen LogP contribution in [0.25, 0.3) is 0 Å². The highest BCUT2D eigenvalue weighted by atomic mass is 127. The number of morpholine rings is 1. The summed E-state index contributed by atoms with van der Waals surface area (Å²) < 4.78 is 28.8. The Morgan fingerprint density at radius 2 is 1.93 bits per heavy atom. The molecular formula is C21H29IN4O3S. The predicted octanol–water partition coefficient (Wildman–Crippen LogP) is 2.80. The first-order valence-electron chi connectivity index (χ1n) is 9.70. The van der Waals surface area contributed by atoms with Crippen molar-refractivity contribution in [2.45, 2.75) is 31.4 Å². The van der Waals surface area contributed by atoms with Gasteiger partial charge in [-0.3, -0.25) is 0 Å². The molecule has 9 heteroatoms. The normalized spacial score (nSPS) is 17.4. The fourth-order valence-corrected chi connectivity index (χ4v) is 3.87. The number of hydrogen-bond donors (Lipinski definition) is 2. The van der Waals surface area contributed by atoms with E-state index in [1.807, 2.05) is 19.1 Å². The van der Waals surface area contributed by atoms with Gasteiger partial charge in [-0.1, -0.05) is 36.4 Å². The maximum atomic E-state index is 11.4. The molecule has 1 aliphatic rings. The number of nitrogens with one attached hydrogen (secondary N) is 1. The summed E-state index contributed by atoms with van der Waals surface area (Å²) in [7, 11) is -3.68. The molecule has 0 aliphatic carbocycles. The van der Waals surface area contributed by atoms with Crippen LogP contribution < -0.4 is 10.5 Å². The van der Waals surface area contributed by atoms with Crippen molar-refractivity contribution >= 4 is 40.0 Å². The number of aliphatic imine (C=N–C) groups is 1. The summed E-state index contributed by atoms with van der Waals surface area (Å²) in [6, 6.07) is 14.8. The molecule has 2 aromatic carbocycles. The lowest BCUT2D eigenvalue weighted by molar-refractivity contribution is -0.00834. The number of halogens is 1. The summed E-state index contributed by atoms with van der Waals surface area (Å²) in [5.41, 5.74) is 3.33. The van der Waals surface area contributed by atoms with Crippen molar-refractivity contribution in [3.8, 4) is 0 Å². The van der Waals surface area contributed by atoms with Crippen molar-refractivity contribution in [1.82, 2.24) is 10.2 Å². The first-order chi connectivity index (χ1) is 13.9. The number of primary sulfonamides is 1. The van der Waals surface area contributed by atoms with Crippen LogP contribution in [0.3, 0.4) is 0 Å². The fraction of sp³-hybridized carbons (Fsp3) is 0.381. The minimum Gasteiger partial charge on any atom is -0.370 e. The van der Waals surface area contributed by atoms with Gasteiger partial charge in [0.2, 0.25) is 10.0 Å². The Morgan fingerprint density at radius 3 is 2.57 bits per heavy atom. The first kappa shape index (κ1) is 24.6. The van der Waals surface area contributed by atoms with Crippen LogP contribution in [0.15, 0.2) is 58.4 Å². The van der Waals surface area contributed by atoms with Gasteiger partial charge in [-0.15, -0.1) is 24.0 Å². The van der Waals surface area contributed by atoms with Gasteiger partial charge < -0.3 is 15.0 Å². The van der Waals surface area contributed by atoms with Gasteiger partial charge in [0.05, 0.1) is 24.6 Å². The average Bonchev–Trinajstić information content (AvgIpc) is 2.71. The number of aryl methyl sites for hydroxylation is 1. The molecule has 1 fully saturated rings. The predicted molar refractivity (Wildman–Crippen MR) is 129 cm³/mol. The van der Waals surface area contributed by atoms with Gasteiger partial charge >= 0.3 is 0 Å². The highest BCUT2D eigenvalue weighted by molar-refractivity contribution is 14.0. The Bertz CT molecular complexity index is 964. The van der Waals surface area contributed by atoms with E-state index in [-0.39, 0.29) is 35.0 Å².